The number of hydrogen-bond donors (Lipinski definition) is 1. The molecule has 0 aromatic rings. The Balaban J connectivity index is 1.99. The molecule has 1 aliphatic heterocycles. The Morgan fingerprint density at radius 1 is 1.15 bits per heavy atom. The largest absolute Gasteiger partial charge is 0.315 e. The third-order valence-electron chi connectivity index (χ3n) is 2.76. The van der Waals surface area contributed by atoms with Gasteiger partial charge in [0.25, 0.3) is 0 Å². The third-order valence-corrected chi connectivity index (χ3v) is 4.08. The van der Waals surface area contributed by atoms with Crippen molar-refractivity contribution >= 4 is 11.8 Å². The van der Waals surface area contributed by atoms with Gasteiger partial charge in [-0.3, -0.25) is 0 Å². The van der Waals surface area contributed by atoms with E-state index in [1.807, 2.05) is 0 Å². The van der Waals surface area contributed by atoms with Gasteiger partial charge in [-0.2, -0.15) is 11.8 Å². The smallest absolute Gasteiger partial charge is 0.0144 e. The van der Waals surface area contributed by atoms with Crippen molar-refractivity contribution in [1.29, 1.82) is 0 Å². The SMILES string of the molecule is CC1CNCC2C=CC=CC2CS1. The van der Waals surface area contributed by atoms with Crippen LogP contribution in [0.1, 0.15) is 6.92 Å². The summed E-state index contributed by atoms with van der Waals surface area (Å²) in [6.45, 7) is 4.61. The zero-order valence-corrected chi connectivity index (χ0v) is 8.89. The van der Waals surface area contributed by atoms with Crippen LogP contribution in [-0.2, 0) is 0 Å². The second-order valence-corrected chi connectivity index (χ2v) is 5.37. The summed E-state index contributed by atoms with van der Waals surface area (Å²) in [7, 11) is 0. The lowest BCUT2D eigenvalue weighted by atomic mass is 9.90. The number of fused-ring (bicyclic) bond motifs is 1. The van der Waals surface area contributed by atoms with Crippen molar-refractivity contribution < 1.29 is 0 Å². The predicted octanol–water partition coefficient (Wildman–Crippen LogP) is 2.07. The van der Waals surface area contributed by atoms with Gasteiger partial charge in [-0.1, -0.05) is 31.2 Å². The van der Waals surface area contributed by atoms with E-state index in [2.05, 4.69) is 48.3 Å². The molecule has 3 unspecified atom stereocenters. The molecule has 2 heteroatoms. The van der Waals surface area contributed by atoms with Crippen LogP contribution in [-0.4, -0.2) is 24.1 Å². The lowest BCUT2D eigenvalue weighted by molar-refractivity contribution is 0.462. The average Bonchev–Trinajstić information content (AvgIpc) is 2.13. The van der Waals surface area contributed by atoms with Crippen LogP contribution in [0, 0.1) is 11.8 Å². The van der Waals surface area contributed by atoms with Gasteiger partial charge in [-0.05, 0) is 11.8 Å². The zero-order chi connectivity index (χ0) is 9.10. The summed E-state index contributed by atoms with van der Waals surface area (Å²) in [4.78, 5) is 0. The highest BCUT2D eigenvalue weighted by Gasteiger charge is 2.21. The van der Waals surface area contributed by atoms with Crippen LogP contribution in [0.5, 0.6) is 0 Å². The summed E-state index contributed by atoms with van der Waals surface area (Å²) in [5.74, 6) is 2.77. The molecule has 0 aromatic heterocycles. The van der Waals surface area contributed by atoms with Gasteiger partial charge >= 0.3 is 0 Å². The monoisotopic (exact) mass is 195 g/mol. The standard InChI is InChI=1S/C11H17NS/c1-9-6-12-7-10-4-2-3-5-11(10)8-13-9/h2-5,9-12H,6-8H2,1H3. The number of rotatable bonds is 0. The summed E-state index contributed by atoms with van der Waals surface area (Å²) in [5, 5.41) is 4.29. The van der Waals surface area contributed by atoms with Crippen molar-refractivity contribution in [2.45, 2.75) is 12.2 Å². The minimum atomic E-state index is 0.727. The van der Waals surface area contributed by atoms with Gasteiger partial charge in [0.15, 0.2) is 0 Å². The quantitative estimate of drug-likeness (QED) is 0.635. The fourth-order valence-corrected chi connectivity index (χ4v) is 3.03. The van der Waals surface area contributed by atoms with Crippen molar-refractivity contribution in [2.75, 3.05) is 18.8 Å². The summed E-state index contributed by atoms with van der Waals surface area (Å²) >= 11 is 2.09. The van der Waals surface area contributed by atoms with Gasteiger partial charge in [0.1, 0.15) is 0 Å². The van der Waals surface area contributed by atoms with E-state index < -0.39 is 0 Å². The first-order valence-electron chi connectivity index (χ1n) is 5.03. The van der Waals surface area contributed by atoms with Crippen LogP contribution in [0.2, 0.25) is 0 Å². The molecule has 0 spiro atoms. The molecule has 0 bridgehead atoms. The first-order valence-corrected chi connectivity index (χ1v) is 6.08. The second-order valence-electron chi connectivity index (χ2n) is 3.90. The number of nitrogens with one attached hydrogen (secondary N) is 1. The molecule has 72 valence electrons. The van der Waals surface area contributed by atoms with Gasteiger partial charge in [-0.25, -0.2) is 0 Å². The Bertz CT molecular complexity index is 222. The normalized spacial score (nSPS) is 39.3. The summed E-state index contributed by atoms with van der Waals surface area (Å²) < 4.78 is 0. The molecule has 3 atom stereocenters. The maximum atomic E-state index is 3.53. The lowest BCUT2D eigenvalue weighted by Crippen LogP contribution is -2.35. The fourth-order valence-electron chi connectivity index (χ4n) is 1.89. The van der Waals surface area contributed by atoms with Crippen LogP contribution in [0.3, 0.4) is 0 Å². The molecule has 2 aliphatic rings. The third kappa shape index (κ3) is 2.38. The molecule has 0 radical (unpaired) electrons. The predicted molar refractivity (Wildman–Crippen MR) is 60.0 cm³/mol. The Morgan fingerprint density at radius 3 is 2.77 bits per heavy atom. The summed E-state index contributed by atoms with van der Waals surface area (Å²) in [6, 6.07) is 0. The first-order chi connectivity index (χ1) is 6.36. The van der Waals surface area contributed by atoms with E-state index in [0.717, 1.165) is 30.2 Å². The van der Waals surface area contributed by atoms with Gasteiger partial charge in [0.05, 0.1) is 0 Å². The van der Waals surface area contributed by atoms with Gasteiger partial charge in [0.2, 0.25) is 0 Å². The van der Waals surface area contributed by atoms with Crippen molar-refractivity contribution in [3.05, 3.63) is 24.3 Å². The van der Waals surface area contributed by atoms with E-state index in [1.54, 1.807) is 0 Å². The molecular weight excluding hydrogens is 178 g/mol. The van der Waals surface area contributed by atoms with Gasteiger partial charge in [0, 0.05) is 24.1 Å². The van der Waals surface area contributed by atoms with Crippen LogP contribution in [0.15, 0.2) is 24.3 Å². The zero-order valence-electron chi connectivity index (χ0n) is 8.07. The number of allylic oxidation sites excluding steroid dienone is 3. The highest BCUT2D eigenvalue weighted by atomic mass is 32.2. The molecule has 0 amide bonds. The van der Waals surface area contributed by atoms with Crippen LogP contribution >= 0.6 is 11.8 Å². The molecule has 1 nitrogen and oxygen atoms in total. The van der Waals surface area contributed by atoms with Crippen molar-refractivity contribution in [3.63, 3.8) is 0 Å². The summed E-state index contributed by atoms with van der Waals surface area (Å²) in [6.07, 6.45) is 9.07. The molecule has 13 heavy (non-hydrogen) atoms. The molecule has 0 aromatic carbocycles. The molecule has 1 N–H and O–H groups in total. The lowest BCUT2D eigenvalue weighted by Gasteiger charge is -2.28. The maximum absolute atomic E-state index is 3.53. The van der Waals surface area contributed by atoms with Crippen LogP contribution in [0.25, 0.3) is 0 Å². The Labute approximate surface area is 84.7 Å². The maximum Gasteiger partial charge on any atom is 0.0144 e. The van der Waals surface area contributed by atoms with Crippen molar-refractivity contribution in [2.24, 2.45) is 11.8 Å². The molecule has 1 fully saturated rings. The first kappa shape index (κ1) is 9.35. The number of hydrogen-bond acceptors (Lipinski definition) is 2. The molecule has 1 heterocycles. The summed E-state index contributed by atoms with van der Waals surface area (Å²) in [5.41, 5.74) is 0. The van der Waals surface area contributed by atoms with E-state index in [0.29, 0.717) is 0 Å². The van der Waals surface area contributed by atoms with E-state index in [9.17, 15) is 0 Å². The van der Waals surface area contributed by atoms with Crippen LogP contribution in [0.4, 0.5) is 0 Å². The van der Waals surface area contributed by atoms with Gasteiger partial charge < -0.3 is 5.32 Å². The minimum Gasteiger partial charge on any atom is -0.315 e. The van der Waals surface area contributed by atoms with Crippen molar-refractivity contribution in [3.8, 4) is 0 Å². The van der Waals surface area contributed by atoms with E-state index in [4.69, 9.17) is 0 Å². The average molecular weight is 195 g/mol. The van der Waals surface area contributed by atoms with E-state index in [1.165, 1.54) is 5.75 Å². The molecule has 2 rings (SSSR count). The molecule has 1 saturated heterocycles. The topological polar surface area (TPSA) is 12.0 Å². The van der Waals surface area contributed by atoms with Crippen LogP contribution < -0.4 is 5.32 Å². The Kier molecular flexibility index (Phi) is 3.12. The highest BCUT2D eigenvalue weighted by Crippen LogP contribution is 2.26. The Morgan fingerprint density at radius 2 is 1.92 bits per heavy atom. The number of thioether (sulfide) groups is 1. The Hall–Kier alpha value is -0.210. The minimum absolute atomic E-state index is 0.727. The fraction of sp³-hybridized carbons (Fsp3) is 0.636. The van der Waals surface area contributed by atoms with Gasteiger partial charge in [-0.15, -0.1) is 0 Å². The van der Waals surface area contributed by atoms with E-state index >= 15 is 0 Å². The molecular formula is C11H17NS. The van der Waals surface area contributed by atoms with Crippen molar-refractivity contribution in [1.82, 2.24) is 5.32 Å². The molecule has 0 saturated carbocycles. The second kappa shape index (κ2) is 4.34. The highest BCUT2D eigenvalue weighted by molar-refractivity contribution is 7.99. The van der Waals surface area contributed by atoms with E-state index in [-0.39, 0.29) is 0 Å². The molecule has 1 aliphatic carbocycles.